The van der Waals surface area contributed by atoms with Crippen LogP contribution in [0.4, 0.5) is 0 Å². The van der Waals surface area contributed by atoms with E-state index in [4.69, 9.17) is 9.15 Å². The number of carbonyl (C=O) groups excluding carboxylic acids is 2. The maximum atomic E-state index is 12.4. The normalized spacial score (nSPS) is 20.2. The molecule has 34 heavy (non-hydrogen) atoms. The van der Waals surface area contributed by atoms with Gasteiger partial charge >= 0.3 is 0 Å². The van der Waals surface area contributed by atoms with Gasteiger partial charge in [-0.05, 0) is 37.1 Å². The molecule has 0 saturated carbocycles. The van der Waals surface area contributed by atoms with Crippen LogP contribution in [-0.4, -0.2) is 63.9 Å². The van der Waals surface area contributed by atoms with Crippen LogP contribution in [0.3, 0.4) is 0 Å². The summed E-state index contributed by atoms with van der Waals surface area (Å²) < 4.78 is 17.5. The number of nitrogens with zero attached hydrogens (tertiary/aromatic N) is 4. The van der Waals surface area contributed by atoms with Crippen molar-refractivity contribution < 1.29 is 23.5 Å². The van der Waals surface area contributed by atoms with Crippen LogP contribution in [-0.2, 0) is 20.9 Å². The highest BCUT2D eigenvalue weighted by atomic mass is 32.1. The molecule has 174 valence electrons. The summed E-state index contributed by atoms with van der Waals surface area (Å²) in [5.74, 6) is 0.555. The molecule has 2 aliphatic heterocycles. The van der Waals surface area contributed by atoms with Crippen molar-refractivity contribution in [2.75, 3.05) is 19.7 Å². The Morgan fingerprint density at radius 3 is 2.88 bits per heavy atom. The fourth-order valence-corrected chi connectivity index (χ4v) is 5.88. The fourth-order valence-electron chi connectivity index (χ4n) is 5.09. The summed E-state index contributed by atoms with van der Waals surface area (Å²) in [5, 5.41) is 1.59. The molecule has 2 atom stereocenters. The predicted octanol–water partition coefficient (Wildman–Crippen LogP) is 3.58. The quantitative estimate of drug-likeness (QED) is 0.372. The third-order valence-electron chi connectivity index (χ3n) is 6.49. The molecule has 2 fully saturated rings. The smallest absolute Gasteiger partial charge is 0.293 e. The van der Waals surface area contributed by atoms with Crippen LogP contribution in [0.1, 0.15) is 18.4 Å². The van der Waals surface area contributed by atoms with Crippen LogP contribution >= 0.6 is 11.3 Å². The van der Waals surface area contributed by atoms with E-state index in [1.54, 1.807) is 12.5 Å². The molecule has 6 rings (SSSR count). The lowest BCUT2D eigenvalue weighted by Gasteiger charge is -2.40. The van der Waals surface area contributed by atoms with Crippen molar-refractivity contribution in [1.29, 1.82) is 0 Å². The molecular formula is C24H22N4O5S. The number of likely N-dealkylation sites (tertiary alicyclic amines) is 1. The van der Waals surface area contributed by atoms with E-state index in [0.29, 0.717) is 23.1 Å². The minimum absolute atomic E-state index is 0.107. The average molecular weight is 479 g/mol. The Morgan fingerprint density at radius 2 is 2.09 bits per heavy atom. The standard InChI is InChI=1S/C24H22N4O5S/c29-14-31-13-22(30)28-16-3-4-17(28)11-27(10-16)9-15-12-32-20-8-18(5-6-19(15)20)33-24-26-23-21(34-24)2-1-7-25-23/h1-2,5-8,12,14,16-17H,3-4,9-11,13H2. The number of furan rings is 1. The number of fused-ring (bicyclic) bond motifs is 4. The average Bonchev–Trinajstić information content (AvgIpc) is 3.51. The number of hydrogen-bond donors (Lipinski definition) is 0. The molecule has 10 heteroatoms. The number of ether oxygens (including phenoxy) is 2. The summed E-state index contributed by atoms with van der Waals surface area (Å²) in [5.41, 5.74) is 2.54. The number of piperazine rings is 1. The maximum absolute atomic E-state index is 12.4. The highest BCUT2D eigenvalue weighted by Crippen LogP contribution is 2.35. The Labute approximate surface area is 198 Å². The van der Waals surface area contributed by atoms with Crippen LogP contribution < -0.4 is 4.74 Å². The maximum Gasteiger partial charge on any atom is 0.293 e. The predicted molar refractivity (Wildman–Crippen MR) is 125 cm³/mol. The van der Waals surface area contributed by atoms with Gasteiger partial charge in [-0.15, -0.1) is 0 Å². The van der Waals surface area contributed by atoms with Gasteiger partial charge in [0.05, 0.1) is 11.0 Å². The van der Waals surface area contributed by atoms with E-state index < -0.39 is 0 Å². The Morgan fingerprint density at radius 1 is 1.24 bits per heavy atom. The number of amides is 1. The molecule has 0 aliphatic carbocycles. The lowest BCUT2D eigenvalue weighted by atomic mass is 10.1. The van der Waals surface area contributed by atoms with Gasteiger partial charge < -0.3 is 18.8 Å². The summed E-state index contributed by atoms with van der Waals surface area (Å²) in [6.45, 7) is 2.48. The molecule has 2 saturated heterocycles. The minimum Gasteiger partial charge on any atom is -0.464 e. The molecule has 3 aromatic heterocycles. The van der Waals surface area contributed by atoms with Gasteiger partial charge in [-0.1, -0.05) is 11.3 Å². The molecule has 2 aliphatic rings. The minimum atomic E-state index is -0.180. The molecule has 4 aromatic rings. The molecule has 9 nitrogen and oxygen atoms in total. The van der Waals surface area contributed by atoms with Crippen molar-refractivity contribution in [2.24, 2.45) is 0 Å². The third kappa shape index (κ3) is 3.88. The van der Waals surface area contributed by atoms with E-state index in [2.05, 4.69) is 19.6 Å². The highest BCUT2D eigenvalue weighted by Gasteiger charge is 2.42. The Balaban J connectivity index is 1.14. The Kier molecular flexibility index (Phi) is 5.39. The van der Waals surface area contributed by atoms with Crippen LogP contribution in [0, 0.1) is 0 Å². The van der Waals surface area contributed by atoms with E-state index in [1.165, 1.54) is 11.3 Å². The first kappa shape index (κ1) is 21.1. The summed E-state index contributed by atoms with van der Waals surface area (Å²) >= 11 is 1.45. The molecule has 2 bridgehead atoms. The van der Waals surface area contributed by atoms with Gasteiger partial charge in [0.2, 0.25) is 0 Å². The van der Waals surface area contributed by atoms with Crippen LogP contribution in [0.25, 0.3) is 21.3 Å². The van der Waals surface area contributed by atoms with E-state index in [1.807, 2.05) is 35.2 Å². The van der Waals surface area contributed by atoms with Crippen molar-refractivity contribution in [3.63, 3.8) is 0 Å². The second-order valence-corrected chi connectivity index (χ2v) is 9.61. The number of rotatable bonds is 7. The molecule has 1 aromatic carbocycles. The van der Waals surface area contributed by atoms with Crippen LogP contribution in [0.5, 0.6) is 10.9 Å². The van der Waals surface area contributed by atoms with Gasteiger partial charge in [-0.2, -0.15) is 4.98 Å². The largest absolute Gasteiger partial charge is 0.464 e. The van der Waals surface area contributed by atoms with Crippen molar-refractivity contribution in [1.82, 2.24) is 19.8 Å². The molecule has 0 N–H and O–H groups in total. The zero-order valence-electron chi connectivity index (χ0n) is 18.3. The number of thiazole rings is 1. The highest BCUT2D eigenvalue weighted by molar-refractivity contribution is 7.20. The third-order valence-corrected chi connectivity index (χ3v) is 7.38. The summed E-state index contributed by atoms with van der Waals surface area (Å²) in [6.07, 6.45) is 5.46. The number of aromatic nitrogens is 2. The first-order valence-electron chi connectivity index (χ1n) is 11.2. The Bertz CT molecular complexity index is 1320. The number of carbonyl (C=O) groups is 2. The van der Waals surface area contributed by atoms with Crippen molar-refractivity contribution >= 4 is 45.0 Å². The number of hydrogen-bond acceptors (Lipinski definition) is 9. The Hall–Kier alpha value is -3.50. The van der Waals surface area contributed by atoms with Crippen molar-refractivity contribution in [3.8, 4) is 10.9 Å². The lowest BCUT2D eigenvalue weighted by Crippen LogP contribution is -2.56. The van der Waals surface area contributed by atoms with E-state index in [9.17, 15) is 9.59 Å². The molecular weight excluding hydrogens is 456 g/mol. The number of benzene rings is 1. The second-order valence-electron chi connectivity index (χ2n) is 8.61. The van der Waals surface area contributed by atoms with Crippen LogP contribution in [0.15, 0.2) is 47.2 Å². The fraction of sp³-hybridized carbons (Fsp3) is 0.333. The SMILES string of the molecule is O=COCC(=O)N1C2CCC1CN(Cc1coc3cc(Oc4nc5ncccc5s4)ccc13)C2. The zero-order valence-corrected chi connectivity index (χ0v) is 19.1. The topological polar surface area (TPSA) is 98.0 Å². The molecule has 0 radical (unpaired) electrons. The molecule has 1 amide bonds. The first-order valence-corrected chi connectivity index (χ1v) is 12.0. The monoisotopic (exact) mass is 478 g/mol. The van der Waals surface area contributed by atoms with E-state index in [-0.39, 0.29) is 24.6 Å². The van der Waals surface area contributed by atoms with Gasteiger partial charge in [0, 0.05) is 54.9 Å². The summed E-state index contributed by atoms with van der Waals surface area (Å²) in [6, 6.07) is 9.98. The zero-order chi connectivity index (χ0) is 23.1. The van der Waals surface area contributed by atoms with Crippen molar-refractivity contribution in [3.05, 3.63) is 48.4 Å². The van der Waals surface area contributed by atoms with Crippen molar-refractivity contribution in [2.45, 2.75) is 31.5 Å². The first-order chi connectivity index (χ1) is 16.7. The van der Waals surface area contributed by atoms with E-state index >= 15 is 0 Å². The molecule has 0 spiro atoms. The molecule has 5 heterocycles. The summed E-state index contributed by atoms with van der Waals surface area (Å²) in [7, 11) is 0. The lowest BCUT2D eigenvalue weighted by molar-refractivity contribution is -0.147. The molecule has 2 unspecified atom stereocenters. The summed E-state index contributed by atoms with van der Waals surface area (Å²) in [4.78, 5) is 35.8. The van der Waals surface area contributed by atoms with E-state index in [0.717, 1.165) is 53.7 Å². The van der Waals surface area contributed by atoms with Crippen LogP contribution in [0.2, 0.25) is 0 Å². The van der Waals surface area contributed by atoms with Gasteiger partial charge in [-0.25, -0.2) is 4.98 Å². The van der Waals surface area contributed by atoms with Gasteiger partial charge in [0.1, 0.15) is 11.3 Å². The van der Waals surface area contributed by atoms with Gasteiger partial charge in [-0.3, -0.25) is 14.5 Å². The van der Waals surface area contributed by atoms with Gasteiger partial charge in [0.25, 0.3) is 17.6 Å². The number of pyridine rings is 1. The van der Waals surface area contributed by atoms with Gasteiger partial charge in [0.15, 0.2) is 12.3 Å². The second kappa shape index (κ2) is 8.69.